The summed E-state index contributed by atoms with van der Waals surface area (Å²) in [7, 11) is 0. The van der Waals surface area contributed by atoms with Crippen molar-refractivity contribution in [2.24, 2.45) is 5.10 Å². The number of hydrogen-bond acceptors (Lipinski definition) is 5. The number of fused-ring (bicyclic) bond motifs is 1. The van der Waals surface area contributed by atoms with Crippen molar-refractivity contribution in [3.05, 3.63) is 120 Å². The highest BCUT2D eigenvalue weighted by molar-refractivity contribution is 9.11. The number of nitrogens with zero attached hydrogens (tertiary/aromatic N) is 3. The molecule has 5 aromatic rings. The molecule has 6 nitrogen and oxygen atoms in total. The Kier molecular flexibility index (Phi) is 9.24. The van der Waals surface area contributed by atoms with Crippen LogP contribution < -0.4 is 15.0 Å². The number of halogens is 6. The number of hydrogen-bond donors (Lipinski definition) is 0. The van der Waals surface area contributed by atoms with E-state index in [2.05, 4.69) is 41.9 Å². The van der Waals surface area contributed by atoms with E-state index in [0.29, 0.717) is 29.2 Å². The monoisotopic (exact) mass is 733 g/mol. The molecule has 0 radical (unpaired) electrons. The zero-order valence-electron chi connectivity index (χ0n) is 22.3. The first-order valence-electron chi connectivity index (χ1n) is 12.8. The minimum atomic E-state index is -4.58. The third-order valence-corrected chi connectivity index (χ3v) is 7.76. The molecule has 0 amide bonds. The number of para-hydroxylation sites is 1. The van der Waals surface area contributed by atoms with Crippen molar-refractivity contribution >= 4 is 60.6 Å². The summed E-state index contributed by atoms with van der Waals surface area (Å²) in [6.45, 7) is 2.34. The summed E-state index contributed by atoms with van der Waals surface area (Å²) in [5.41, 5.74) is 0.322. The Morgan fingerprint density at radius 1 is 1.00 bits per heavy atom. The smallest absolute Gasteiger partial charge is 0.416 e. The largest absolute Gasteiger partial charge is 0.490 e. The first kappa shape index (κ1) is 30.8. The summed E-state index contributed by atoms with van der Waals surface area (Å²) in [5, 5.41) is 4.84. The average Bonchev–Trinajstić information content (AvgIpc) is 2.97. The predicted molar refractivity (Wildman–Crippen MR) is 168 cm³/mol. The molecule has 0 fully saturated rings. The van der Waals surface area contributed by atoms with E-state index in [1.807, 2.05) is 25.1 Å². The van der Waals surface area contributed by atoms with Gasteiger partial charge >= 0.3 is 6.18 Å². The second-order valence-corrected chi connectivity index (χ2v) is 11.4. The van der Waals surface area contributed by atoms with Gasteiger partial charge in [-0.3, -0.25) is 4.79 Å². The Labute approximate surface area is 266 Å². The van der Waals surface area contributed by atoms with Crippen molar-refractivity contribution < 1.29 is 22.6 Å². The molecule has 0 aliphatic rings. The van der Waals surface area contributed by atoms with E-state index < -0.39 is 17.3 Å². The van der Waals surface area contributed by atoms with Gasteiger partial charge in [-0.1, -0.05) is 73.8 Å². The van der Waals surface area contributed by atoms with Crippen LogP contribution in [0.4, 0.5) is 13.2 Å². The van der Waals surface area contributed by atoms with Crippen molar-refractivity contribution in [1.82, 2.24) is 9.66 Å². The first-order valence-corrected chi connectivity index (χ1v) is 14.8. The quantitative estimate of drug-likeness (QED) is 0.149. The van der Waals surface area contributed by atoms with Crippen molar-refractivity contribution in [1.29, 1.82) is 0 Å². The Bertz CT molecular complexity index is 1910. The molecule has 4 aromatic carbocycles. The van der Waals surface area contributed by atoms with Crippen molar-refractivity contribution in [3.8, 4) is 22.9 Å². The maximum atomic E-state index is 13.5. The molecule has 1 aromatic heterocycles. The molecule has 0 unspecified atom stereocenters. The fourth-order valence-corrected chi connectivity index (χ4v) is 5.67. The third kappa shape index (κ3) is 6.95. The Hall–Kier alpha value is -3.67. The van der Waals surface area contributed by atoms with Gasteiger partial charge in [-0.15, -0.1) is 0 Å². The summed E-state index contributed by atoms with van der Waals surface area (Å²) in [6, 6.07) is 20.1. The molecule has 0 N–H and O–H groups in total. The van der Waals surface area contributed by atoms with Crippen LogP contribution in [0.25, 0.3) is 22.3 Å². The molecule has 1 heterocycles. The molecular weight excluding hydrogens is 715 g/mol. The van der Waals surface area contributed by atoms with E-state index in [1.165, 1.54) is 18.3 Å². The van der Waals surface area contributed by atoms with Crippen LogP contribution in [-0.4, -0.2) is 22.5 Å². The van der Waals surface area contributed by atoms with Gasteiger partial charge < -0.3 is 9.47 Å². The number of alkyl halides is 3. The van der Waals surface area contributed by atoms with E-state index in [0.717, 1.165) is 31.3 Å². The highest BCUT2D eigenvalue weighted by Crippen LogP contribution is 2.38. The third-order valence-electron chi connectivity index (χ3n) is 6.24. The summed E-state index contributed by atoms with van der Waals surface area (Å²) in [6.07, 6.45) is -3.22. The SMILES string of the molecule is CCOc1cc(C=Nn2c(-c3cccc(C(F)(F)F)c3)nc3ccccc3c2=O)cc(Cl)c1OCc1ccc(Br)cc1Br. The maximum Gasteiger partial charge on any atom is 0.416 e. The Morgan fingerprint density at radius 2 is 1.79 bits per heavy atom. The molecule has 0 saturated carbocycles. The summed E-state index contributed by atoms with van der Waals surface area (Å²) >= 11 is 13.6. The zero-order valence-corrected chi connectivity index (χ0v) is 26.3. The lowest BCUT2D eigenvalue weighted by Crippen LogP contribution is -2.20. The molecule has 0 spiro atoms. The standard InChI is InChI=1S/C31H21Br2ClF3N3O3/c1-2-42-27-13-18(12-25(34)28(27)43-17-20-10-11-22(32)15-24(20)33)16-38-40-29(19-6-5-7-21(14-19)31(35,36)37)39-26-9-4-3-8-23(26)30(40)41/h3-16H,2,17H2,1H3. The van der Waals surface area contributed by atoms with Crippen LogP contribution >= 0.6 is 43.5 Å². The van der Waals surface area contributed by atoms with Gasteiger partial charge in [-0.2, -0.15) is 22.9 Å². The molecule has 220 valence electrons. The molecule has 0 saturated heterocycles. The molecule has 0 aliphatic heterocycles. The van der Waals surface area contributed by atoms with E-state index in [1.54, 1.807) is 36.4 Å². The highest BCUT2D eigenvalue weighted by Gasteiger charge is 2.31. The van der Waals surface area contributed by atoms with Crippen LogP contribution in [0.1, 0.15) is 23.6 Å². The van der Waals surface area contributed by atoms with Crippen molar-refractivity contribution in [3.63, 3.8) is 0 Å². The maximum absolute atomic E-state index is 13.5. The summed E-state index contributed by atoms with van der Waals surface area (Å²) < 4.78 is 55.0. The number of ether oxygens (including phenoxy) is 2. The van der Waals surface area contributed by atoms with Gasteiger partial charge in [0.15, 0.2) is 17.3 Å². The molecule has 43 heavy (non-hydrogen) atoms. The molecule has 0 atom stereocenters. The van der Waals surface area contributed by atoms with Crippen LogP contribution in [0.15, 0.2) is 97.7 Å². The van der Waals surface area contributed by atoms with Crippen LogP contribution in [-0.2, 0) is 12.8 Å². The second kappa shape index (κ2) is 12.9. The van der Waals surface area contributed by atoms with Gasteiger partial charge in [0, 0.05) is 20.1 Å². The van der Waals surface area contributed by atoms with E-state index in [4.69, 9.17) is 21.1 Å². The van der Waals surface area contributed by atoms with Crippen molar-refractivity contribution in [2.45, 2.75) is 19.7 Å². The molecule has 5 rings (SSSR count). The van der Waals surface area contributed by atoms with Gasteiger partial charge in [0.05, 0.1) is 34.3 Å². The van der Waals surface area contributed by atoms with Gasteiger partial charge in [0.1, 0.15) is 6.61 Å². The molecule has 12 heteroatoms. The van der Waals surface area contributed by atoms with E-state index >= 15 is 0 Å². The number of aromatic nitrogens is 2. The fraction of sp³-hybridized carbons (Fsp3) is 0.129. The molecular formula is C31H21Br2ClF3N3O3. The lowest BCUT2D eigenvalue weighted by Gasteiger charge is -2.15. The number of benzene rings is 4. The van der Waals surface area contributed by atoms with E-state index in [-0.39, 0.29) is 28.4 Å². The molecule has 0 bridgehead atoms. The van der Waals surface area contributed by atoms with Gasteiger partial charge in [-0.05, 0) is 61.0 Å². The first-order chi connectivity index (χ1) is 20.5. The normalized spacial score (nSPS) is 11.8. The summed E-state index contributed by atoms with van der Waals surface area (Å²) in [5.74, 6) is 0.624. The van der Waals surface area contributed by atoms with Crippen LogP contribution in [0.5, 0.6) is 11.5 Å². The lowest BCUT2D eigenvalue weighted by atomic mass is 10.1. The van der Waals surface area contributed by atoms with Crippen molar-refractivity contribution in [2.75, 3.05) is 6.61 Å². The second-order valence-electron chi connectivity index (χ2n) is 9.18. The van der Waals surface area contributed by atoms with Gasteiger partial charge in [-0.25, -0.2) is 4.98 Å². The zero-order chi connectivity index (χ0) is 30.7. The Balaban J connectivity index is 1.55. The minimum Gasteiger partial charge on any atom is -0.490 e. The van der Waals surface area contributed by atoms with Gasteiger partial charge in [0.2, 0.25) is 0 Å². The predicted octanol–water partition coefficient (Wildman–Crippen LogP) is 9.12. The Morgan fingerprint density at radius 3 is 2.53 bits per heavy atom. The van der Waals surface area contributed by atoms with Crippen LogP contribution in [0.3, 0.4) is 0 Å². The molecule has 0 aliphatic carbocycles. The number of rotatable bonds is 8. The average molecular weight is 736 g/mol. The minimum absolute atomic E-state index is 0.0535. The van der Waals surface area contributed by atoms with Gasteiger partial charge in [0.25, 0.3) is 5.56 Å². The van der Waals surface area contributed by atoms with E-state index in [9.17, 15) is 18.0 Å². The highest BCUT2D eigenvalue weighted by atomic mass is 79.9. The summed E-state index contributed by atoms with van der Waals surface area (Å²) in [4.78, 5) is 18.0. The van der Waals surface area contributed by atoms with Crippen LogP contribution in [0, 0.1) is 0 Å². The lowest BCUT2D eigenvalue weighted by molar-refractivity contribution is -0.137. The van der Waals surface area contributed by atoms with Crippen LogP contribution in [0.2, 0.25) is 5.02 Å². The fourth-order valence-electron chi connectivity index (χ4n) is 4.23. The topological polar surface area (TPSA) is 65.7 Å².